The van der Waals surface area contributed by atoms with Crippen molar-refractivity contribution in [3.05, 3.63) is 23.8 Å². The number of anilines is 1. The van der Waals surface area contributed by atoms with E-state index in [1.165, 1.54) is 11.3 Å². The third-order valence-corrected chi connectivity index (χ3v) is 4.43. The van der Waals surface area contributed by atoms with Gasteiger partial charge in [-0.2, -0.15) is 0 Å². The van der Waals surface area contributed by atoms with Gasteiger partial charge in [0.1, 0.15) is 17.0 Å². The van der Waals surface area contributed by atoms with Gasteiger partial charge in [-0.05, 0) is 38.0 Å². The molecule has 3 rings (SSSR count). The minimum absolute atomic E-state index is 0.412. The maximum atomic E-state index is 11.4. The van der Waals surface area contributed by atoms with Crippen LogP contribution in [0.1, 0.15) is 30.1 Å². The van der Waals surface area contributed by atoms with Gasteiger partial charge >= 0.3 is 0 Å². The van der Waals surface area contributed by atoms with Gasteiger partial charge in [0, 0.05) is 23.1 Å². The van der Waals surface area contributed by atoms with Gasteiger partial charge < -0.3 is 20.6 Å². The molecule has 1 fully saturated rings. The summed E-state index contributed by atoms with van der Waals surface area (Å²) in [5, 5.41) is 4.66. The minimum Gasteiger partial charge on any atom is -0.494 e. The quantitative estimate of drug-likeness (QED) is 0.830. The summed E-state index contributed by atoms with van der Waals surface area (Å²) < 4.78 is 6.42. The van der Waals surface area contributed by atoms with E-state index in [4.69, 9.17) is 10.5 Å². The highest BCUT2D eigenvalue weighted by Crippen LogP contribution is 2.37. The van der Waals surface area contributed by atoms with Gasteiger partial charge in [-0.1, -0.05) is 0 Å². The van der Waals surface area contributed by atoms with E-state index >= 15 is 0 Å². The Bertz CT molecular complexity index is 677. The number of amides is 1. The summed E-state index contributed by atoms with van der Waals surface area (Å²) in [6, 6.07) is 5.65. The van der Waals surface area contributed by atoms with E-state index in [1.807, 2.05) is 25.1 Å². The molecular formula is C16H20N2O3S. The maximum Gasteiger partial charge on any atom is 0.252 e. The van der Waals surface area contributed by atoms with E-state index in [-0.39, 0.29) is 0 Å². The Morgan fingerprint density at radius 2 is 2.23 bits per heavy atom. The van der Waals surface area contributed by atoms with Crippen molar-refractivity contribution in [1.29, 1.82) is 0 Å². The minimum atomic E-state index is -0.412. The average molecular weight is 320 g/mol. The third-order valence-electron chi connectivity index (χ3n) is 3.26. The number of rotatable bonds is 5. The van der Waals surface area contributed by atoms with Gasteiger partial charge in [0.25, 0.3) is 5.91 Å². The largest absolute Gasteiger partial charge is 0.494 e. The van der Waals surface area contributed by atoms with Gasteiger partial charge in [-0.3, -0.25) is 4.79 Å². The number of nitrogens with two attached hydrogens (primary N) is 1. The normalized spacial score (nSPS) is 13.2. The number of carbonyl (C=O) groups is 2. The highest BCUT2D eigenvalue weighted by molar-refractivity contribution is 7.23. The number of carbonyl (C=O) groups excluding carboxylic acids is 2. The lowest BCUT2D eigenvalue weighted by Crippen LogP contribution is -2.11. The Kier molecular flexibility index (Phi) is 5.38. The van der Waals surface area contributed by atoms with Crippen LogP contribution in [-0.4, -0.2) is 25.8 Å². The van der Waals surface area contributed by atoms with Gasteiger partial charge in [-0.15, -0.1) is 11.3 Å². The van der Waals surface area contributed by atoms with Crippen LogP contribution in [0.2, 0.25) is 0 Å². The number of hydrogen-bond acceptors (Lipinski definition) is 5. The molecule has 1 saturated carbocycles. The molecule has 1 heterocycles. The molecule has 1 aromatic carbocycles. The molecule has 0 radical (unpaired) electrons. The van der Waals surface area contributed by atoms with Crippen molar-refractivity contribution < 1.29 is 14.3 Å². The van der Waals surface area contributed by atoms with Crippen molar-refractivity contribution in [2.24, 2.45) is 11.7 Å². The van der Waals surface area contributed by atoms with Crippen molar-refractivity contribution in [3.8, 4) is 5.75 Å². The van der Waals surface area contributed by atoms with Crippen LogP contribution in [0.5, 0.6) is 5.75 Å². The average Bonchev–Trinajstić information content (AvgIpc) is 3.27. The van der Waals surface area contributed by atoms with Crippen LogP contribution in [0.25, 0.3) is 10.1 Å². The summed E-state index contributed by atoms with van der Waals surface area (Å²) in [7, 11) is 1.78. The second-order valence-electron chi connectivity index (χ2n) is 4.98. The van der Waals surface area contributed by atoms with Crippen LogP contribution in [0.15, 0.2) is 18.2 Å². The highest BCUT2D eigenvalue weighted by Gasteiger charge is 2.19. The van der Waals surface area contributed by atoms with E-state index in [0.29, 0.717) is 18.1 Å². The van der Waals surface area contributed by atoms with Gasteiger partial charge in [0.2, 0.25) is 0 Å². The fourth-order valence-electron chi connectivity index (χ4n) is 1.99. The number of primary amides is 1. The zero-order valence-electron chi connectivity index (χ0n) is 12.7. The molecule has 5 nitrogen and oxygen atoms in total. The molecular weight excluding hydrogens is 300 g/mol. The van der Waals surface area contributed by atoms with Gasteiger partial charge in [0.15, 0.2) is 0 Å². The molecule has 2 aromatic rings. The Morgan fingerprint density at radius 1 is 1.50 bits per heavy atom. The zero-order valence-corrected chi connectivity index (χ0v) is 13.5. The first-order chi connectivity index (χ1) is 10.6. The molecule has 22 heavy (non-hydrogen) atoms. The first kappa shape index (κ1) is 16.3. The van der Waals surface area contributed by atoms with E-state index in [0.717, 1.165) is 40.0 Å². The standard InChI is InChI=1S/C12H14N2O2S.C4H6O/c1-3-16-7-4-5-8-9(6-7)17-12(14-2)10(8)11(13)15;5-3-4-1-2-4/h4-6,14H,3H2,1-2H3,(H2,13,15);3-4H,1-2H2. The summed E-state index contributed by atoms with van der Waals surface area (Å²) in [5.74, 6) is 0.847. The molecule has 3 N–H and O–H groups in total. The van der Waals surface area contributed by atoms with Crippen LogP contribution >= 0.6 is 11.3 Å². The van der Waals surface area contributed by atoms with E-state index < -0.39 is 5.91 Å². The predicted molar refractivity (Wildman–Crippen MR) is 89.8 cm³/mol. The van der Waals surface area contributed by atoms with Crippen molar-refractivity contribution >= 4 is 38.6 Å². The zero-order chi connectivity index (χ0) is 16.1. The van der Waals surface area contributed by atoms with Gasteiger partial charge in [-0.25, -0.2) is 0 Å². The predicted octanol–water partition coefficient (Wildman–Crippen LogP) is 3.04. The molecule has 6 heteroatoms. The van der Waals surface area contributed by atoms with Crippen molar-refractivity contribution in [2.45, 2.75) is 19.8 Å². The lowest BCUT2D eigenvalue weighted by atomic mass is 10.1. The fourth-order valence-corrected chi connectivity index (χ4v) is 3.08. The number of benzene rings is 1. The maximum absolute atomic E-state index is 11.4. The first-order valence-electron chi connectivity index (χ1n) is 7.22. The lowest BCUT2D eigenvalue weighted by Gasteiger charge is -2.02. The monoisotopic (exact) mass is 320 g/mol. The molecule has 118 valence electrons. The van der Waals surface area contributed by atoms with Crippen molar-refractivity contribution in [1.82, 2.24) is 0 Å². The molecule has 1 aliphatic carbocycles. The number of fused-ring (bicyclic) bond motifs is 1. The third kappa shape index (κ3) is 3.76. The Hall–Kier alpha value is -2.08. The molecule has 0 unspecified atom stereocenters. The second kappa shape index (κ2) is 7.26. The molecule has 0 atom stereocenters. The van der Waals surface area contributed by atoms with E-state index in [2.05, 4.69) is 5.32 Å². The van der Waals surface area contributed by atoms with E-state index in [1.54, 1.807) is 7.05 Å². The summed E-state index contributed by atoms with van der Waals surface area (Å²) in [5.41, 5.74) is 5.95. The van der Waals surface area contributed by atoms with Crippen LogP contribution in [-0.2, 0) is 4.79 Å². The number of hydrogen-bond donors (Lipinski definition) is 2. The molecule has 1 aromatic heterocycles. The smallest absolute Gasteiger partial charge is 0.252 e. The molecule has 0 saturated heterocycles. The SMILES string of the molecule is CCOc1ccc2c(C(N)=O)c(NC)sc2c1.O=CC1CC1. The highest BCUT2D eigenvalue weighted by atomic mass is 32.1. The molecule has 0 spiro atoms. The Balaban J connectivity index is 0.000000299. The summed E-state index contributed by atoms with van der Waals surface area (Å²) in [6.07, 6.45) is 3.31. The summed E-state index contributed by atoms with van der Waals surface area (Å²) >= 11 is 1.50. The van der Waals surface area contributed by atoms with Crippen molar-refractivity contribution in [3.63, 3.8) is 0 Å². The Morgan fingerprint density at radius 3 is 2.68 bits per heavy atom. The topological polar surface area (TPSA) is 81.4 Å². The first-order valence-corrected chi connectivity index (χ1v) is 8.04. The summed E-state index contributed by atoms with van der Waals surface area (Å²) in [4.78, 5) is 21.0. The lowest BCUT2D eigenvalue weighted by molar-refractivity contribution is -0.108. The van der Waals surface area contributed by atoms with E-state index in [9.17, 15) is 9.59 Å². The van der Waals surface area contributed by atoms with Crippen molar-refractivity contribution in [2.75, 3.05) is 19.0 Å². The number of nitrogens with one attached hydrogen (secondary N) is 1. The van der Waals surface area contributed by atoms with Gasteiger partial charge in [0.05, 0.1) is 12.2 Å². The molecule has 0 bridgehead atoms. The summed E-state index contributed by atoms with van der Waals surface area (Å²) in [6.45, 7) is 2.56. The Labute approximate surface area is 133 Å². The van der Waals surface area contributed by atoms with Crippen LogP contribution < -0.4 is 15.8 Å². The molecule has 1 aliphatic rings. The van der Waals surface area contributed by atoms with Crippen LogP contribution in [0, 0.1) is 5.92 Å². The molecule has 0 aliphatic heterocycles. The fraction of sp³-hybridized carbons (Fsp3) is 0.375. The number of ether oxygens (including phenoxy) is 1. The number of thiophene rings is 1. The molecule has 1 amide bonds. The van der Waals surface area contributed by atoms with Crippen LogP contribution in [0.3, 0.4) is 0 Å². The number of aldehydes is 1. The van der Waals surface area contributed by atoms with Crippen LogP contribution in [0.4, 0.5) is 5.00 Å². The second-order valence-corrected chi connectivity index (χ2v) is 6.04.